The van der Waals surface area contributed by atoms with Crippen LogP contribution in [0.3, 0.4) is 0 Å². The van der Waals surface area contributed by atoms with Crippen molar-refractivity contribution in [3.63, 3.8) is 0 Å². The Morgan fingerprint density at radius 2 is 1.85 bits per heavy atom. The van der Waals surface area contributed by atoms with Gasteiger partial charge >= 0.3 is 129 Å². The van der Waals surface area contributed by atoms with Crippen molar-refractivity contribution >= 4 is 36.6 Å². The van der Waals surface area contributed by atoms with E-state index in [4.69, 9.17) is 22.1 Å². The number of nitrogen functional groups attached to an aromatic ring is 1. The van der Waals surface area contributed by atoms with Gasteiger partial charge in [0.2, 0.25) is 0 Å². The van der Waals surface area contributed by atoms with E-state index in [1.165, 1.54) is 0 Å². The van der Waals surface area contributed by atoms with Crippen LogP contribution in [0.1, 0.15) is 31.1 Å². The van der Waals surface area contributed by atoms with Crippen LogP contribution in [0, 0.1) is 0 Å². The molecule has 3 nitrogen and oxygen atoms in total. The summed E-state index contributed by atoms with van der Waals surface area (Å²) in [6.45, 7) is 5.52. The van der Waals surface area contributed by atoms with Crippen molar-refractivity contribution in [3.8, 4) is 11.1 Å². The van der Waals surface area contributed by atoms with Gasteiger partial charge in [0.05, 0.1) is 0 Å². The normalized spacial score (nSPS) is 11.4. The van der Waals surface area contributed by atoms with Gasteiger partial charge in [-0.2, -0.15) is 0 Å². The van der Waals surface area contributed by atoms with Gasteiger partial charge in [0.15, 0.2) is 0 Å². The van der Waals surface area contributed by atoms with E-state index in [0.717, 1.165) is 11.1 Å². The molecule has 0 aliphatic rings. The topological polar surface area (TPSA) is 52.3 Å². The number of anilines is 1. The van der Waals surface area contributed by atoms with Crippen molar-refractivity contribution < 1.29 is 9.53 Å². The van der Waals surface area contributed by atoms with E-state index < -0.39 is 5.60 Å². The Morgan fingerprint density at radius 1 is 1.25 bits per heavy atom. The molecule has 2 aromatic rings. The molecule has 1 heterocycles. The second-order valence-electron chi connectivity index (χ2n) is 5.40. The SMILES string of the molecule is CC(C)(C)OC(=O)c1c(-c2ccc(Cl)cc2)c[se]c1N. The van der Waals surface area contributed by atoms with Gasteiger partial charge in [-0.05, 0) is 0 Å². The van der Waals surface area contributed by atoms with Gasteiger partial charge in [-0.3, -0.25) is 0 Å². The van der Waals surface area contributed by atoms with E-state index in [-0.39, 0.29) is 20.5 Å². The van der Waals surface area contributed by atoms with Gasteiger partial charge in [-0.1, -0.05) is 0 Å². The molecule has 1 aromatic heterocycles. The number of benzene rings is 1. The summed E-state index contributed by atoms with van der Waals surface area (Å²) in [7, 11) is 0. The number of hydrogen-bond donors (Lipinski definition) is 1. The predicted molar refractivity (Wildman–Crippen MR) is 83.4 cm³/mol. The first-order valence-electron chi connectivity index (χ1n) is 6.14. The molecule has 0 radical (unpaired) electrons. The Bertz CT molecular complexity index is 626. The molecule has 0 amide bonds. The molecule has 0 fully saturated rings. The zero-order valence-electron chi connectivity index (χ0n) is 11.6. The molecule has 0 bridgehead atoms. The summed E-state index contributed by atoms with van der Waals surface area (Å²) >= 11 is 5.88. The maximum absolute atomic E-state index is 12.3. The van der Waals surface area contributed by atoms with Gasteiger partial charge < -0.3 is 0 Å². The molecular formula is C15H16ClNO2Se. The molecule has 0 unspecified atom stereocenters. The summed E-state index contributed by atoms with van der Waals surface area (Å²) < 4.78 is 6.04. The molecule has 5 heteroatoms. The van der Waals surface area contributed by atoms with Gasteiger partial charge in [-0.15, -0.1) is 0 Å². The average molecular weight is 357 g/mol. The molecule has 20 heavy (non-hydrogen) atoms. The van der Waals surface area contributed by atoms with E-state index in [9.17, 15) is 4.79 Å². The van der Waals surface area contributed by atoms with Crippen molar-refractivity contribution in [2.45, 2.75) is 26.4 Å². The average Bonchev–Trinajstić information content (AvgIpc) is 2.70. The summed E-state index contributed by atoms with van der Waals surface area (Å²) in [4.78, 5) is 14.3. The third-order valence-corrected chi connectivity index (χ3v) is 4.53. The fraction of sp³-hybridized carbons (Fsp3) is 0.267. The second-order valence-corrected chi connectivity index (χ2v) is 7.75. The number of halogens is 1. The van der Waals surface area contributed by atoms with E-state index >= 15 is 0 Å². The molecule has 0 aliphatic heterocycles. The maximum atomic E-state index is 12.3. The number of carbonyl (C=O) groups is 1. The van der Waals surface area contributed by atoms with Crippen molar-refractivity contribution in [3.05, 3.63) is 39.8 Å². The van der Waals surface area contributed by atoms with E-state index in [1.54, 1.807) is 12.1 Å². The Kier molecular flexibility index (Phi) is 4.28. The number of carbonyl (C=O) groups excluding carboxylic acids is 1. The minimum atomic E-state index is -0.537. The molecule has 2 N–H and O–H groups in total. The zero-order valence-corrected chi connectivity index (χ0v) is 14.0. The Hall–Kier alpha value is -1.22. The van der Waals surface area contributed by atoms with Crippen LogP contribution >= 0.6 is 11.6 Å². The number of rotatable bonds is 2. The van der Waals surface area contributed by atoms with Crippen molar-refractivity contribution in [2.24, 2.45) is 0 Å². The first-order valence-corrected chi connectivity index (χ1v) is 8.36. The number of hydrogen-bond acceptors (Lipinski definition) is 3. The van der Waals surface area contributed by atoms with Gasteiger partial charge in [0, 0.05) is 0 Å². The number of ether oxygens (including phenoxy) is 1. The Morgan fingerprint density at radius 3 is 2.40 bits per heavy atom. The molecule has 0 saturated carbocycles. The zero-order chi connectivity index (χ0) is 14.9. The van der Waals surface area contributed by atoms with Crippen LogP contribution in [0.4, 0.5) is 4.56 Å². The Balaban J connectivity index is 2.42. The van der Waals surface area contributed by atoms with Crippen LogP contribution < -0.4 is 5.73 Å². The van der Waals surface area contributed by atoms with Crippen LogP contribution in [-0.4, -0.2) is 26.1 Å². The summed E-state index contributed by atoms with van der Waals surface area (Å²) in [5, 5.41) is 0.661. The van der Waals surface area contributed by atoms with E-state index in [2.05, 4.69) is 0 Å². The van der Waals surface area contributed by atoms with Crippen molar-refractivity contribution in [1.29, 1.82) is 0 Å². The van der Waals surface area contributed by atoms with Crippen LogP contribution in [0.5, 0.6) is 0 Å². The molecule has 1 aromatic carbocycles. The van der Waals surface area contributed by atoms with E-state index in [1.807, 2.05) is 37.8 Å². The van der Waals surface area contributed by atoms with Crippen LogP contribution in [0.2, 0.25) is 5.02 Å². The predicted octanol–water partition coefficient (Wildman–Crippen LogP) is 3.60. The minimum absolute atomic E-state index is 0.0127. The monoisotopic (exact) mass is 357 g/mol. The third kappa shape index (κ3) is 3.45. The molecule has 0 saturated heterocycles. The van der Waals surface area contributed by atoms with E-state index in [0.29, 0.717) is 15.1 Å². The molecule has 0 spiro atoms. The fourth-order valence-electron chi connectivity index (χ4n) is 1.75. The van der Waals surface area contributed by atoms with Gasteiger partial charge in [-0.25, -0.2) is 0 Å². The quantitative estimate of drug-likeness (QED) is 0.660. The summed E-state index contributed by atoms with van der Waals surface area (Å²) in [5.74, 6) is -0.365. The summed E-state index contributed by atoms with van der Waals surface area (Å²) in [6, 6.07) is 7.36. The molecule has 106 valence electrons. The standard InChI is InChI=1S/C15H16ClNO2Se/c1-15(2,3)19-14(18)12-11(8-20-13(12)17)9-4-6-10(16)7-5-9/h4-8H,17H2,1-3H3. The van der Waals surface area contributed by atoms with Gasteiger partial charge in [0.25, 0.3) is 0 Å². The van der Waals surface area contributed by atoms with Crippen LogP contribution in [0.25, 0.3) is 11.1 Å². The fourth-order valence-corrected chi connectivity index (χ4v) is 3.58. The van der Waals surface area contributed by atoms with Crippen LogP contribution in [-0.2, 0) is 4.74 Å². The first-order chi connectivity index (χ1) is 9.28. The molecule has 0 aliphatic carbocycles. The molecule has 0 atom stereocenters. The Labute approximate surface area is 129 Å². The summed E-state index contributed by atoms with van der Waals surface area (Å²) in [6.07, 6.45) is 0. The van der Waals surface area contributed by atoms with Crippen LogP contribution in [0.15, 0.2) is 29.2 Å². The first kappa shape index (κ1) is 15.2. The van der Waals surface area contributed by atoms with Crippen molar-refractivity contribution in [1.82, 2.24) is 0 Å². The number of esters is 1. The summed E-state index contributed by atoms with van der Waals surface area (Å²) in [5.41, 5.74) is 7.71. The van der Waals surface area contributed by atoms with Gasteiger partial charge in [0.1, 0.15) is 0 Å². The van der Waals surface area contributed by atoms with Crippen molar-refractivity contribution in [2.75, 3.05) is 5.73 Å². The molecular weight excluding hydrogens is 341 g/mol. The third-order valence-electron chi connectivity index (χ3n) is 2.58. The second kappa shape index (κ2) is 5.64. The molecule has 2 rings (SSSR count). The number of nitrogens with two attached hydrogens (primary N) is 1.